The third-order valence-corrected chi connectivity index (χ3v) is 5.58. The van der Waals surface area contributed by atoms with Crippen molar-refractivity contribution in [2.45, 2.75) is 51.5 Å². The van der Waals surface area contributed by atoms with Gasteiger partial charge in [0.1, 0.15) is 0 Å². The first kappa shape index (κ1) is 15.7. The van der Waals surface area contributed by atoms with Crippen molar-refractivity contribution in [3.63, 3.8) is 0 Å². The minimum absolute atomic E-state index is 0.0139. The first-order valence-corrected chi connectivity index (χ1v) is 8.01. The van der Waals surface area contributed by atoms with Crippen LogP contribution in [0.3, 0.4) is 0 Å². The van der Waals surface area contributed by atoms with Gasteiger partial charge in [-0.1, -0.05) is 31.5 Å². The van der Waals surface area contributed by atoms with Gasteiger partial charge in [-0.2, -0.15) is 0 Å². The Balaban J connectivity index is 2.18. The van der Waals surface area contributed by atoms with Crippen LogP contribution in [0, 0.1) is 5.41 Å². The van der Waals surface area contributed by atoms with E-state index in [0.29, 0.717) is 4.99 Å². The van der Waals surface area contributed by atoms with Crippen molar-refractivity contribution in [1.29, 1.82) is 0 Å². The molecule has 2 N–H and O–H groups in total. The highest BCUT2D eigenvalue weighted by molar-refractivity contribution is 7.80. The number of hydrogen-bond acceptors (Lipinski definition) is 3. The zero-order valence-corrected chi connectivity index (χ0v) is 13.8. The van der Waals surface area contributed by atoms with Gasteiger partial charge in [0, 0.05) is 25.2 Å². The first-order valence-electron chi connectivity index (χ1n) is 7.60. The second-order valence-electron chi connectivity index (χ2n) is 6.97. The summed E-state index contributed by atoms with van der Waals surface area (Å²) < 4.78 is 0. The van der Waals surface area contributed by atoms with E-state index in [0.717, 1.165) is 45.3 Å². The maximum atomic E-state index is 13.1. The molecule has 1 saturated carbocycles. The van der Waals surface area contributed by atoms with Crippen LogP contribution in [-0.4, -0.2) is 52.9 Å². The molecule has 5 heteroatoms. The van der Waals surface area contributed by atoms with E-state index in [9.17, 15) is 4.79 Å². The normalized spacial score (nSPS) is 26.2. The Morgan fingerprint density at radius 3 is 2.25 bits per heavy atom. The number of likely N-dealkylation sites (N-methyl/N-ethyl adjacent to an activating group) is 1. The van der Waals surface area contributed by atoms with Crippen LogP contribution in [0.4, 0.5) is 0 Å². The Hall–Kier alpha value is -0.680. The van der Waals surface area contributed by atoms with Crippen LogP contribution in [0.15, 0.2) is 0 Å². The van der Waals surface area contributed by atoms with Gasteiger partial charge in [-0.05, 0) is 33.7 Å². The van der Waals surface area contributed by atoms with Crippen molar-refractivity contribution in [3.05, 3.63) is 0 Å². The van der Waals surface area contributed by atoms with Gasteiger partial charge in [0.15, 0.2) is 0 Å². The Bertz CT molecular complexity index is 402. The molecule has 0 aromatic heterocycles. The fraction of sp³-hybridized carbons (Fsp3) is 0.867. The van der Waals surface area contributed by atoms with Gasteiger partial charge in [0.2, 0.25) is 5.91 Å². The Morgan fingerprint density at radius 1 is 1.15 bits per heavy atom. The fourth-order valence-electron chi connectivity index (χ4n) is 3.44. The summed E-state index contributed by atoms with van der Waals surface area (Å²) in [6.07, 6.45) is 4.95. The summed E-state index contributed by atoms with van der Waals surface area (Å²) in [6.45, 7) is 6.81. The monoisotopic (exact) mass is 297 g/mol. The third kappa shape index (κ3) is 2.70. The van der Waals surface area contributed by atoms with Crippen LogP contribution >= 0.6 is 12.2 Å². The molecule has 2 aliphatic rings. The maximum Gasteiger partial charge on any atom is 0.235 e. The predicted octanol–water partition coefficient (Wildman–Crippen LogP) is 1.78. The summed E-state index contributed by atoms with van der Waals surface area (Å²) in [5.41, 5.74) is 5.42. The molecule has 4 nitrogen and oxygen atoms in total. The van der Waals surface area contributed by atoms with E-state index in [1.807, 2.05) is 4.90 Å². The summed E-state index contributed by atoms with van der Waals surface area (Å²) in [6, 6.07) is 0. The summed E-state index contributed by atoms with van der Waals surface area (Å²) >= 11 is 5.27. The van der Waals surface area contributed by atoms with Crippen LogP contribution in [0.2, 0.25) is 0 Å². The van der Waals surface area contributed by atoms with Crippen molar-refractivity contribution >= 4 is 23.1 Å². The van der Waals surface area contributed by atoms with Crippen LogP contribution in [0.25, 0.3) is 0 Å². The molecular formula is C15H27N3OS. The Labute approximate surface area is 127 Å². The number of rotatable bonds is 2. The smallest absolute Gasteiger partial charge is 0.235 e. The Kier molecular flexibility index (Phi) is 4.40. The standard InChI is InChI=1S/C15H27N3OS/c1-14(2)11-18(10-9-17(14)3)13(19)15(12(16)20)7-5-4-6-8-15/h4-11H2,1-3H3,(H2,16,20). The average molecular weight is 297 g/mol. The molecule has 1 aliphatic heterocycles. The minimum Gasteiger partial charge on any atom is -0.392 e. The lowest BCUT2D eigenvalue weighted by Gasteiger charge is -2.48. The second kappa shape index (κ2) is 5.60. The van der Waals surface area contributed by atoms with E-state index in [1.165, 1.54) is 6.42 Å². The van der Waals surface area contributed by atoms with Gasteiger partial charge in [-0.15, -0.1) is 0 Å². The van der Waals surface area contributed by atoms with Crippen molar-refractivity contribution in [2.24, 2.45) is 11.1 Å². The number of hydrogen-bond donors (Lipinski definition) is 1. The van der Waals surface area contributed by atoms with Crippen molar-refractivity contribution in [1.82, 2.24) is 9.80 Å². The quantitative estimate of drug-likeness (QED) is 0.789. The van der Waals surface area contributed by atoms with Crippen molar-refractivity contribution in [3.8, 4) is 0 Å². The van der Waals surface area contributed by atoms with Crippen molar-refractivity contribution < 1.29 is 4.79 Å². The van der Waals surface area contributed by atoms with Gasteiger partial charge in [-0.3, -0.25) is 9.69 Å². The van der Waals surface area contributed by atoms with E-state index in [1.54, 1.807) is 0 Å². The highest BCUT2D eigenvalue weighted by atomic mass is 32.1. The molecule has 0 spiro atoms. The number of piperazine rings is 1. The van der Waals surface area contributed by atoms with E-state index >= 15 is 0 Å². The van der Waals surface area contributed by atoms with Crippen LogP contribution in [-0.2, 0) is 4.79 Å². The van der Waals surface area contributed by atoms with Gasteiger partial charge in [0.05, 0.1) is 10.4 Å². The van der Waals surface area contributed by atoms with E-state index in [2.05, 4.69) is 25.8 Å². The second-order valence-corrected chi connectivity index (χ2v) is 7.41. The van der Waals surface area contributed by atoms with Crippen molar-refractivity contribution in [2.75, 3.05) is 26.7 Å². The number of amides is 1. The first-order chi connectivity index (χ1) is 9.29. The number of carbonyl (C=O) groups excluding carboxylic acids is 1. The molecule has 20 heavy (non-hydrogen) atoms. The summed E-state index contributed by atoms with van der Waals surface area (Å²) in [5, 5.41) is 0. The van der Waals surface area contributed by atoms with E-state index in [4.69, 9.17) is 18.0 Å². The number of thiocarbonyl (C=S) groups is 1. The zero-order valence-electron chi connectivity index (χ0n) is 12.9. The van der Waals surface area contributed by atoms with E-state index < -0.39 is 5.41 Å². The number of nitrogens with zero attached hydrogens (tertiary/aromatic N) is 2. The molecular weight excluding hydrogens is 270 g/mol. The third-order valence-electron chi connectivity index (χ3n) is 5.19. The van der Waals surface area contributed by atoms with Crippen LogP contribution in [0.1, 0.15) is 46.0 Å². The molecule has 1 aliphatic carbocycles. The summed E-state index contributed by atoms with van der Waals surface area (Å²) in [4.78, 5) is 17.8. The number of nitrogens with two attached hydrogens (primary N) is 1. The van der Waals surface area contributed by atoms with Crippen LogP contribution < -0.4 is 5.73 Å². The molecule has 0 unspecified atom stereocenters. The van der Waals surface area contributed by atoms with Gasteiger partial charge in [-0.25, -0.2) is 0 Å². The summed E-state index contributed by atoms with van der Waals surface area (Å²) in [7, 11) is 2.12. The Morgan fingerprint density at radius 2 is 1.75 bits per heavy atom. The highest BCUT2D eigenvalue weighted by Gasteiger charge is 2.46. The SMILES string of the molecule is CN1CCN(C(=O)C2(C(N)=S)CCCCC2)CC1(C)C. The topological polar surface area (TPSA) is 49.6 Å². The molecule has 0 bridgehead atoms. The van der Waals surface area contributed by atoms with Gasteiger partial charge >= 0.3 is 0 Å². The molecule has 0 atom stereocenters. The molecule has 1 saturated heterocycles. The molecule has 1 heterocycles. The lowest BCUT2D eigenvalue weighted by atomic mass is 9.72. The van der Waals surface area contributed by atoms with E-state index in [-0.39, 0.29) is 11.4 Å². The average Bonchev–Trinajstić information content (AvgIpc) is 2.41. The molecule has 0 radical (unpaired) electrons. The predicted molar refractivity (Wildman–Crippen MR) is 85.6 cm³/mol. The molecule has 0 aromatic rings. The molecule has 1 amide bonds. The fourth-order valence-corrected chi connectivity index (χ4v) is 3.73. The van der Waals surface area contributed by atoms with Crippen LogP contribution in [0.5, 0.6) is 0 Å². The molecule has 0 aromatic carbocycles. The van der Waals surface area contributed by atoms with Gasteiger partial charge < -0.3 is 10.6 Å². The minimum atomic E-state index is -0.570. The largest absolute Gasteiger partial charge is 0.392 e. The number of carbonyl (C=O) groups is 1. The van der Waals surface area contributed by atoms with Gasteiger partial charge in [0.25, 0.3) is 0 Å². The molecule has 2 rings (SSSR count). The molecule has 114 valence electrons. The molecule has 2 fully saturated rings. The lowest BCUT2D eigenvalue weighted by Crippen LogP contribution is -2.62. The lowest BCUT2D eigenvalue weighted by molar-refractivity contribution is -0.144. The zero-order chi connectivity index (χ0) is 15.0. The highest BCUT2D eigenvalue weighted by Crippen LogP contribution is 2.39. The summed E-state index contributed by atoms with van der Waals surface area (Å²) in [5.74, 6) is 0.172. The maximum absolute atomic E-state index is 13.1.